The number of alkyl halides is 3. The summed E-state index contributed by atoms with van der Waals surface area (Å²) < 4.78 is 38.7. The van der Waals surface area contributed by atoms with Gasteiger partial charge in [0, 0.05) is 0 Å². The predicted octanol–water partition coefficient (Wildman–Crippen LogP) is 2.48. The van der Waals surface area contributed by atoms with Crippen LogP contribution in [0, 0.1) is 0 Å². The van der Waals surface area contributed by atoms with E-state index in [-0.39, 0.29) is 0 Å². The molecule has 2 rings (SSSR count). The molecule has 0 radical (unpaired) electrons. The van der Waals surface area contributed by atoms with E-state index < -0.39 is 17.3 Å². The van der Waals surface area contributed by atoms with Gasteiger partial charge in [0.1, 0.15) is 5.69 Å². The maximum Gasteiger partial charge on any atom is 0.416 e. The molecule has 0 saturated carbocycles. The molecular weight excluding hydrogens is 257 g/mol. The number of nitrogens with two attached hydrogens (primary N) is 1. The van der Waals surface area contributed by atoms with Crippen molar-refractivity contribution in [3.8, 4) is 5.69 Å². The minimum atomic E-state index is -4.34. The molecule has 0 aliphatic heterocycles. The van der Waals surface area contributed by atoms with Crippen LogP contribution in [0.4, 0.5) is 13.2 Å². The predicted molar refractivity (Wildman–Crippen MR) is 63.6 cm³/mol. The zero-order valence-electron chi connectivity index (χ0n) is 10.4. The van der Waals surface area contributed by atoms with E-state index >= 15 is 0 Å². The van der Waals surface area contributed by atoms with E-state index in [1.165, 1.54) is 16.8 Å². The van der Waals surface area contributed by atoms with Crippen LogP contribution in [-0.4, -0.2) is 15.0 Å². The van der Waals surface area contributed by atoms with Gasteiger partial charge in [-0.1, -0.05) is 5.21 Å². The van der Waals surface area contributed by atoms with Gasteiger partial charge >= 0.3 is 6.18 Å². The molecule has 19 heavy (non-hydrogen) atoms. The van der Waals surface area contributed by atoms with Gasteiger partial charge in [-0.3, -0.25) is 0 Å². The number of hydrogen-bond acceptors (Lipinski definition) is 3. The maximum atomic E-state index is 12.4. The van der Waals surface area contributed by atoms with E-state index in [2.05, 4.69) is 10.3 Å². The molecular formula is C12H13F3N4. The SMILES string of the molecule is CC(C)(N)c1cn(-c2ccc(C(F)(F)F)cc2)nn1. The van der Waals surface area contributed by atoms with Gasteiger partial charge < -0.3 is 5.73 Å². The lowest BCUT2D eigenvalue weighted by molar-refractivity contribution is -0.137. The normalized spacial score (nSPS) is 12.7. The monoisotopic (exact) mass is 270 g/mol. The van der Waals surface area contributed by atoms with Crippen molar-refractivity contribution in [3.63, 3.8) is 0 Å². The number of rotatable bonds is 2. The first-order valence-corrected chi connectivity index (χ1v) is 5.57. The fourth-order valence-electron chi connectivity index (χ4n) is 1.49. The van der Waals surface area contributed by atoms with Crippen LogP contribution < -0.4 is 5.73 Å². The van der Waals surface area contributed by atoms with Gasteiger partial charge in [0.25, 0.3) is 0 Å². The molecule has 7 heteroatoms. The third kappa shape index (κ3) is 2.93. The topological polar surface area (TPSA) is 56.7 Å². The zero-order valence-corrected chi connectivity index (χ0v) is 10.4. The fraction of sp³-hybridized carbons (Fsp3) is 0.333. The van der Waals surface area contributed by atoms with Crippen LogP contribution in [0.3, 0.4) is 0 Å². The van der Waals surface area contributed by atoms with Crippen molar-refractivity contribution in [1.82, 2.24) is 15.0 Å². The Morgan fingerprint density at radius 2 is 1.68 bits per heavy atom. The number of benzene rings is 1. The van der Waals surface area contributed by atoms with Gasteiger partial charge in [-0.15, -0.1) is 5.10 Å². The van der Waals surface area contributed by atoms with Gasteiger partial charge in [0.2, 0.25) is 0 Å². The van der Waals surface area contributed by atoms with Crippen LogP contribution in [0.1, 0.15) is 25.1 Å². The van der Waals surface area contributed by atoms with Gasteiger partial charge in [-0.25, -0.2) is 4.68 Å². The van der Waals surface area contributed by atoms with Crippen molar-refractivity contribution in [3.05, 3.63) is 41.7 Å². The molecule has 0 spiro atoms. The Bertz CT molecular complexity index is 564. The Kier molecular flexibility index (Phi) is 3.09. The van der Waals surface area contributed by atoms with Crippen LogP contribution in [0.2, 0.25) is 0 Å². The second-order valence-corrected chi connectivity index (χ2v) is 4.81. The molecule has 0 amide bonds. The molecule has 0 atom stereocenters. The summed E-state index contributed by atoms with van der Waals surface area (Å²) in [5.74, 6) is 0. The Morgan fingerprint density at radius 3 is 2.11 bits per heavy atom. The van der Waals surface area contributed by atoms with Crippen molar-refractivity contribution >= 4 is 0 Å². The molecule has 2 aromatic rings. The minimum absolute atomic E-state index is 0.496. The summed E-state index contributed by atoms with van der Waals surface area (Å²) in [6.45, 7) is 3.54. The van der Waals surface area contributed by atoms with E-state index in [0.717, 1.165) is 12.1 Å². The lowest BCUT2D eigenvalue weighted by atomic mass is 10.0. The highest BCUT2D eigenvalue weighted by Gasteiger charge is 2.30. The second-order valence-electron chi connectivity index (χ2n) is 4.81. The number of aromatic nitrogens is 3. The van der Waals surface area contributed by atoms with Gasteiger partial charge in [0.05, 0.1) is 23.0 Å². The summed E-state index contributed by atoms with van der Waals surface area (Å²) >= 11 is 0. The molecule has 2 N–H and O–H groups in total. The first-order chi connectivity index (χ1) is 8.68. The third-order valence-corrected chi connectivity index (χ3v) is 2.61. The lowest BCUT2D eigenvalue weighted by Gasteiger charge is -2.13. The Hall–Kier alpha value is -1.89. The summed E-state index contributed by atoms with van der Waals surface area (Å²) in [5, 5.41) is 7.75. The molecule has 1 heterocycles. The average Bonchev–Trinajstić information content (AvgIpc) is 2.77. The van der Waals surface area contributed by atoms with Gasteiger partial charge in [-0.2, -0.15) is 13.2 Å². The number of hydrogen-bond donors (Lipinski definition) is 1. The first-order valence-electron chi connectivity index (χ1n) is 5.57. The van der Waals surface area contributed by atoms with E-state index in [0.29, 0.717) is 11.4 Å². The van der Waals surface area contributed by atoms with Gasteiger partial charge in [-0.05, 0) is 38.1 Å². The first kappa shape index (κ1) is 13.5. The number of halogens is 3. The molecule has 102 valence electrons. The molecule has 0 aliphatic carbocycles. The van der Waals surface area contributed by atoms with Crippen molar-refractivity contribution in [2.24, 2.45) is 5.73 Å². The summed E-state index contributed by atoms with van der Waals surface area (Å²) in [6, 6.07) is 4.68. The second kappa shape index (κ2) is 4.34. The van der Waals surface area contributed by atoms with Crippen molar-refractivity contribution in [2.45, 2.75) is 25.6 Å². The molecule has 4 nitrogen and oxygen atoms in total. The highest BCUT2D eigenvalue weighted by atomic mass is 19.4. The molecule has 0 aliphatic rings. The van der Waals surface area contributed by atoms with Crippen LogP contribution in [0.25, 0.3) is 5.69 Å². The van der Waals surface area contributed by atoms with Gasteiger partial charge in [0.15, 0.2) is 0 Å². The number of nitrogens with zero attached hydrogens (tertiary/aromatic N) is 3. The molecule has 0 fully saturated rings. The van der Waals surface area contributed by atoms with E-state index in [9.17, 15) is 13.2 Å². The van der Waals surface area contributed by atoms with Crippen LogP contribution >= 0.6 is 0 Å². The van der Waals surface area contributed by atoms with Crippen molar-refractivity contribution in [2.75, 3.05) is 0 Å². The average molecular weight is 270 g/mol. The largest absolute Gasteiger partial charge is 0.416 e. The van der Waals surface area contributed by atoms with E-state index in [1.54, 1.807) is 20.0 Å². The fourth-order valence-corrected chi connectivity index (χ4v) is 1.49. The highest BCUT2D eigenvalue weighted by Crippen LogP contribution is 2.29. The molecule has 1 aromatic heterocycles. The summed E-state index contributed by atoms with van der Waals surface area (Å²) in [4.78, 5) is 0. The lowest BCUT2D eigenvalue weighted by Crippen LogP contribution is -2.29. The standard InChI is InChI=1S/C12H13F3N4/c1-11(2,16)10-7-19(18-17-10)9-5-3-8(4-6-9)12(13,14)15/h3-7H,16H2,1-2H3. The molecule has 0 saturated heterocycles. The smallest absolute Gasteiger partial charge is 0.320 e. The van der Waals surface area contributed by atoms with Crippen LogP contribution in [0.5, 0.6) is 0 Å². The summed E-state index contributed by atoms with van der Waals surface area (Å²) in [6.07, 6.45) is -2.74. The van der Waals surface area contributed by atoms with Crippen LogP contribution in [-0.2, 0) is 11.7 Å². The Labute approximate surface area is 108 Å². The third-order valence-electron chi connectivity index (χ3n) is 2.61. The highest BCUT2D eigenvalue weighted by molar-refractivity contribution is 5.35. The molecule has 0 bridgehead atoms. The quantitative estimate of drug-likeness (QED) is 0.912. The molecule has 0 unspecified atom stereocenters. The van der Waals surface area contributed by atoms with Crippen molar-refractivity contribution in [1.29, 1.82) is 0 Å². The maximum absolute atomic E-state index is 12.4. The van der Waals surface area contributed by atoms with Crippen molar-refractivity contribution < 1.29 is 13.2 Å². The summed E-state index contributed by atoms with van der Waals surface area (Å²) in [7, 11) is 0. The van der Waals surface area contributed by atoms with Crippen LogP contribution in [0.15, 0.2) is 30.5 Å². The Morgan fingerprint density at radius 1 is 1.11 bits per heavy atom. The molecule has 1 aromatic carbocycles. The zero-order chi connectivity index (χ0) is 14.3. The minimum Gasteiger partial charge on any atom is -0.320 e. The summed E-state index contributed by atoms with van der Waals surface area (Å²) in [5.41, 5.74) is 5.58. The Balaban J connectivity index is 2.31. The van der Waals surface area contributed by atoms with E-state index in [4.69, 9.17) is 5.73 Å². The van der Waals surface area contributed by atoms with E-state index in [1.807, 2.05) is 0 Å².